The van der Waals surface area contributed by atoms with Crippen LogP contribution in [0, 0.1) is 6.57 Å². The van der Waals surface area contributed by atoms with Crippen LogP contribution < -0.4 is 0 Å². The Kier molecular flexibility index (Phi) is 7.40. The average Bonchev–Trinajstić information content (AvgIpc) is 3.96. The number of aromatic nitrogens is 4. The maximum Gasteiger partial charge on any atom is 0.235 e. The van der Waals surface area contributed by atoms with E-state index in [4.69, 9.17) is 16.5 Å². The lowest BCUT2D eigenvalue weighted by Gasteiger charge is -2.12. The minimum atomic E-state index is 0.612. The van der Waals surface area contributed by atoms with Crippen LogP contribution in [0.1, 0.15) is 0 Å². The Labute approximate surface area is 343 Å². The van der Waals surface area contributed by atoms with Crippen molar-refractivity contribution in [2.75, 3.05) is 0 Å². The van der Waals surface area contributed by atoms with Crippen molar-refractivity contribution in [3.05, 3.63) is 199 Å². The number of para-hydroxylation sites is 3. The third kappa shape index (κ3) is 5.30. The van der Waals surface area contributed by atoms with Crippen LogP contribution in [0.4, 0.5) is 5.69 Å². The molecule has 0 amide bonds. The van der Waals surface area contributed by atoms with E-state index in [1.54, 1.807) is 11.3 Å². The van der Waals surface area contributed by atoms with E-state index in [-0.39, 0.29) is 0 Å². The van der Waals surface area contributed by atoms with Gasteiger partial charge in [0.15, 0.2) is 5.69 Å². The smallest absolute Gasteiger partial charge is 0.235 e. The number of benzene rings is 8. The van der Waals surface area contributed by atoms with Gasteiger partial charge in [0.2, 0.25) is 5.95 Å². The van der Waals surface area contributed by atoms with Crippen molar-refractivity contribution in [3.63, 3.8) is 0 Å². The maximum absolute atomic E-state index is 7.62. The van der Waals surface area contributed by atoms with Crippen molar-refractivity contribution in [1.29, 1.82) is 0 Å². The summed E-state index contributed by atoms with van der Waals surface area (Å²) in [5, 5.41) is 6.96. The summed E-state index contributed by atoms with van der Waals surface area (Å²) in [6.07, 6.45) is 0. The van der Waals surface area contributed by atoms with Gasteiger partial charge in [-0.15, -0.1) is 11.3 Å². The van der Waals surface area contributed by atoms with Crippen LogP contribution >= 0.6 is 11.3 Å². The third-order valence-electron chi connectivity index (χ3n) is 11.6. The van der Waals surface area contributed by atoms with Crippen molar-refractivity contribution < 1.29 is 0 Å². The topological polar surface area (TPSA) is 40.0 Å². The standard InChI is InChI=1S/C53H31N5S/c1-54-37-23-27-52-44(31-37)43-30-36(22-26-51(43)59-52)46-32-45(33-12-4-2-5-13-33)55-53(56-46)58-48-19-11-9-17-40(48)42-29-35(21-25-50(42)58)34-20-24-49-41(28-34)39-16-8-10-18-47(39)57(49)38-14-6-3-7-15-38/h2-32H. The van der Waals surface area contributed by atoms with Gasteiger partial charge in [0.05, 0.1) is 40.0 Å². The van der Waals surface area contributed by atoms with Crippen LogP contribution in [0.2, 0.25) is 0 Å². The van der Waals surface area contributed by atoms with Crippen molar-refractivity contribution in [2.24, 2.45) is 0 Å². The van der Waals surface area contributed by atoms with Gasteiger partial charge in [-0.05, 0) is 94.7 Å². The zero-order valence-corrected chi connectivity index (χ0v) is 32.4. The van der Waals surface area contributed by atoms with Gasteiger partial charge in [0.25, 0.3) is 0 Å². The number of hydrogen-bond acceptors (Lipinski definition) is 3. The molecule has 0 aliphatic rings. The fraction of sp³-hybridized carbons (Fsp3) is 0. The highest BCUT2D eigenvalue weighted by Crippen LogP contribution is 2.41. The monoisotopic (exact) mass is 769 g/mol. The molecule has 12 rings (SSSR count). The van der Waals surface area contributed by atoms with Gasteiger partial charge in [-0.2, -0.15) is 0 Å². The van der Waals surface area contributed by atoms with Crippen LogP contribution in [0.25, 0.3) is 114 Å². The molecule has 0 saturated heterocycles. The molecular formula is C53H31N5S. The van der Waals surface area contributed by atoms with E-state index in [0.717, 1.165) is 71.9 Å². The molecule has 0 saturated carbocycles. The molecule has 5 nitrogen and oxygen atoms in total. The summed E-state index contributed by atoms with van der Waals surface area (Å²) in [7, 11) is 0. The highest BCUT2D eigenvalue weighted by Gasteiger charge is 2.19. The lowest BCUT2D eigenvalue weighted by atomic mass is 10.0. The second-order valence-corrected chi connectivity index (χ2v) is 16.0. The summed E-state index contributed by atoms with van der Waals surface area (Å²) in [4.78, 5) is 14.3. The molecule has 0 atom stereocenters. The van der Waals surface area contributed by atoms with E-state index in [2.05, 4.69) is 172 Å². The van der Waals surface area contributed by atoms with E-state index in [1.165, 1.54) is 31.2 Å². The van der Waals surface area contributed by atoms with Gasteiger partial charge in [0.1, 0.15) is 0 Å². The van der Waals surface area contributed by atoms with Crippen molar-refractivity contribution >= 4 is 80.8 Å². The Bertz CT molecular complexity index is 3680. The first kappa shape index (κ1) is 33.3. The highest BCUT2D eigenvalue weighted by molar-refractivity contribution is 7.25. The average molecular weight is 770 g/mol. The number of fused-ring (bicyclic) bond motifs is 9. The Hall–Kier alpha value is -7.85. The number of thiophene rings is 1. The summed E-state index contributed by atoms with van der Waals surface area (Å²) < 4.78 is 6.92. The molecule has 0 fully saturated rings. The molecular weight excluding hydrogens is 739 g/mol. The Morgan fingerprint density at radius 1 is 0.390 bits per heavy atom. The van der Waals surface area contributed by atoms with E-state index in [1.807, 2.05) is 30.3 Å². The normalized spacial score (nSPS) is 11.7. The van der Waals surface area contributed by atoms with Gasteiger partial charge in [-0.3, -0.25) is 4.57 Å². The van der Waals surface area contributed by atoms with E-state index in [9.17, 15) is 0 Å². The van der Waals surface area contributed by atoms with Gasteiger partial charge in [-0.1, -0.05) is 115 Å². The second-order valence-electron chi connectivity index (χ2n) is 14.9. The molecule has 8 aromatic carbocycles. The molecule has 4 aromatic heterocycles. The van der Waals surface area contributed by atoms with Crippen molar-refractivity contribution in [3.8, 4) is 45.3 Å². The van der Waals surface area contributed by atoms with Gasteiger partial charge >= 0.3 is 0 Å². The van der Waals surface area contributed by atoms with Crippen LogP contribution in [0.15, 0.2) is 188 Å². The van der Waals surface area contributed by atoms with E-state index < -0.39 is 0 Å². The Morgan fingerprint density at radius 2 is 0.898 bits per heavy atom. The van der Waals surface area contributed by atoms with Crippen molar-refractivity contribution in [1.82, 2.24) is 19.1 Å². The van der Waals surface area contributed by atoms with Crippen molar-refractivity contribution in [2.45, 2.75) is 0 Å². The summed E-state index contributed by atoms with van der Waals surface area (Å²) in [5.41, 5.74) is 12.3. The molecule has 12 aromatic rings. The SMILES string of the molecule is [C-]#[N+]c1ccc2sc3ccc(-c4cc(-c5ccccc5)nc(-n5c6ccccc6c6cc(-c7ccc8c(c7)c7ccccc7n8-c7ccccc7)ccc65)n4)cc3c2c1. The zero-order valence-electron chi connectivity index (χ0n) is 31.5. The number of hydrogen-bond donors (Lipinski definition) is 0. The van der Waals surface area contributed by atoms with Crippen LogP contribution in [0.3, 0.4) is 0 Å². The summed E-state index contributed by atoms with van der Waals surface area (Å²) in [6, 6.07) is 66.4. The van der Waals surface area contributed by atoms with Gasteiger partial charge in [0, 0.05) is 47.8 Å². The lowest BCUT2D eigenvalue weighted by molar-refractivity contribution is 0.996. The molecule has 0 aliphatic heterocycles. The van der Waals surface area contributed by atoms with Gasteiger partial charge in [-0.25, -0.2) is 14.8 Å². The van der Waals surface area contributed by atoms with E-state index in [0.29, 0.717) is 11.6 Å². The lowest BCUT2D eigenvalue weighted by Crippen LogP contribution is -2.04. The quantitative estimate of drug-likeness (QED) is 0.164. The zero-order chi connectivity index (χ0) is 39.0. The molecule has 0 radical (unpaired) electrons. The maximum atomic E-state index is 7.62. The third-order valence-corrected chi connectivity index (χ3v) is 12.7. The Morgan fingerprint density at radius 3 is 1.58 bits per heavy atom. The Balaban J connectivity index is 1.04. The summed E-state index contributed by atoms with van der Waals surface area (Å²) in [5.74, 6) is 0.612. The second kappa shape index (κ2) is 13.1. The number of rotatable bonds is 5. The molecule has 0 unspecified atom stereocenters. The fourth-order valence-corrected chi connectivity index (χ4v) is 9.88. The molecule has 4 heterocycles. The van der Waals surface area contributed by atoms with Crippen LogP contribution in [-0.4, -0.2) is 19.1 Å². The number of nitrogens with zero attached hydrogens (tertiary/aromatic N) is 5. The summed E-state index contributed by atoms with van der Waals surface area (Å²) in [6.45, 7) is 7.62. The minimum absolute atomic E-state index is 0.612. The molecule has 0 spiro atoms. The first-order valence-corrected chi connectivity index (χ1v) is 20.4. The molecule has 6 heteroatoms. The predicted molar refractivity (Wildman–Crippen MR) is 246 cm³/mol. The van der Waals surface area contributed by atoms with E-state index >= 15 is 0 Å². The fourth-order valence-electron chi connectivity index (χ4n) is 8.81. The molecule has 0 N–H and O–H groups in total. The molecule has 0 bridgehead atoms. The highest BCUT2D eigenvalue weighted by atomic mass is 32.1. The molecule has 274 valence electrons. The first-order chi connectivity index (χ1) is 29.2. The van der Waals surface area contributed by atoms with Gasteiger partial charge < -0.3 is 4.57 Å². The predicted octanol–water partition coefficient (Wildman–Crippen LogP) is 14.6. The van der Waals surface area contributed by atoms with Crippen LogP contribution in [0.5, 0.6) is 0 Å². The first-order valence-electron chi connectivity index (χ1n) is 19.6. The minimum Gasteiger partial charge on any atom is -0.309 e. The van der Waals surface area contributed by atoms with Crippen LogP contribution in [-0.2, 0) is 0 Å². The summed E-state index contributed by atoms with van der Waals surface area (Å²) >= 11 is 1.75. The molecule has 0 aliphatic carbocycles. The largest absolute Gasteiger partial charge is 0.309 e. The molecule has 59 heavy (non-hydrogen) atoms.